The predicted octanol–water partition coefficient (Wildman–Crippen LogP) is 11.2. The average Bonchev–Trinajstić information content (AvgIpc) is 3.18. The number of nitrogens with zero attached hydrogens (tertiary/aromatic N) is 4. The van der Waals surface area contributed by atoms with Crippen LogP contribution < -0.4 is 33.7 Å². The Balaban J connectivity index is 0.000000306. The van der Waals surface area contributed by atoms with Crippen LogP contribution in [0.15, 0.2) is 41.0 Å². The Bertz CT molecular complexity index is 1910. The lowest BCUT2D eigenvalue weighted by Gasteiger charge is -2.20. The Hall–Kier alpha value is -4.74. The van der Waals surface area contributed by atoms with Crippen LogP contribution in [0.2, 0.25) is 0 Å². The Morgan fingerprint density at radius 1 is 0.614 bits per heavy atom. The van der Waals surface area contributed by atoms with Crippen molar-refractivity contribution in [1.29, 1.82) is 0 Å². The van der Waals surface area contributed by atoms with Crippen molar-refractivity contribution in [3.05, 3.63) is 52.4 Å². The molecule has 0 atom stereocenters. The van der Waals surface area contributed by atoms with Crippen molar-refractivity contribution in [2.75, 3.05) is 26.6 Å². The molecule has 2 aromatic heterocycles. The number of aryl methyl sites for hydroxylation is 2. The van der Waals surface area contributed by atoms with Crippen LogP contribution in [0.4, 0.5) is 32.2 Å². The summed E-state index contributed by atoms with van der Waals surface area (Å²) in [6.45, 7) is 11.8. The molecule has 18 heteroatoms. The van der Waals surface area contributed by atoms with Crippen LogP contribution in [0, 0.1) is 0 Å². The Kier molecular flexibility index (Phi) is 17.3. The highest BCUT2D eigenvalue weighted by molar-refractivity contribution is 9.10. The minimum atomic E-state index is -4.80. The van der Waals surface area contributed by atoms with E-state index in [0.717, 1.165) is 25.7 Å². The lowest BCUT2D eigenvalue weighted by molar-refractivity contribution is -0.275. The minimum absolute atomic E-state index is 0.000735. The first-order valence-electron chi connectivity index (χ1n) is 18.3. The smallest absolute Gasteiger partial charge is 0.496 e. The Morgan fingerprint density at radius 3 is 1.39 bits per heavy atom. The summed E-state index contributed by atoms with van der Waals surface area (Å²) >= 11 is 3.36. The maximum absolute atomic E-state index is 12.7. The topological polar surface area (TPSA) is 119 Å². The molecule has 0 aliphatic heterocycles. The fourth-order valence-corrected chi connectivity index (χ4v) is 5.85. The number of halogens is 7. The first-order valence-corrected chi connectivity index (χ1v) is 19.1. The number of methoxy groups -OCH3 is 2. The first-order chi connectivity index (χ1) is 27.0. The van der Waals surface area contributed by atoms with Crippen molar-refractivity contribution in [3.63, 3.8) is 0 Å². The molecule has 2 aromatic carbocycles. The maximum Gasteiger partial charge on any atom is 0.573 e. The van der Waals surface area contributed by atoms with E-state index in [9.17, 15) is 26.3 Å². The van der Waals surface area contributed by atoms with Gasteiger partial charge in [0.15, 0.2) is 10.4 Å². The Morgan fingerprint density at radius 2 is 1.02 bits per heavy atom. The fourth-order valence-electron chi connectivity index (χ4n) is 5.49. The van der Waals surface area contributed by atoms with Gasteiger partial charge < -0.3 is 33.7 Å². The molecule has 0 aliphatic rings. The summed E-state index contributed by atoms with van der Waals surface area (Å²) in [5.41, 5.74) is 2.65. The summed E-state index contributed by atoms with van der Waals surface area (Å²) in [6.07, 6.45) is -5.33. The van der Waals surface area contributed by atoms with Crippen LogP contribution in [-0.4, -0.2) is 66.1 Å². The normalized spacial score (nSPS) is 11.5. The molecular weight excluding hydrogens is 828 g/mol. The zero-order chi connectivity index (χ0) is 42.5. The molecule has 4 rings (SSSR count). The number of alkyl halides is 6. The minimum Gasteiger partial charge on any atom is -0.496 e. The molecule has 57 heavy (non-hydrogen) atoms. The third-order valence-electron chi connectivity index (χ3n) is 8.44. The summed E-state index contributed by atoms with van der Waals surface area (Å²) in [6, 6.07) is 7.68. The van der Waals surface area contributed by atoms with E-state index in [1.807, 2.05) is 41.5 Å². The van der Waals surface area contributed by atoms with Gasteiger partial charge in [-0.25, -0.2) is 19.9 Å². The zero-order valence-corrected chi connectivity index (χ0v) is 34.8. The molecule has 0 unspecified atom stereocenters. The van der Waals surface area contributed by atoms with Gasteiger partial charge >= 0.3 is 12.7 Å². The number of anilines is 1. The van der Waals surface area contributed by atoms with E-state index in [2.05, 4.69) is 50.7 Å². The number of ether oxygens (including phenoxy) is 6. The number of hydrogen-bond acceptors (Lipinski definition) is 11. The summed E-state index contributed by atoms with van der Waals surface area (Å²) in [5, 5.41) is 2.95. The second-order valence-corrected chi connectivity index (χ2v) is 12.9. The van der Waals surface area contributed by atoms with Gasteiger partial charge in [0.1, 0.15) is 35.2 Å². The average molecular weight is 877 g/mol. The van der Waals surface area contributed by atoms with Crippen LogP contribution >= 0.6 is 15.9 Å². The molecule has 314 valence electrons. The van der Waals surface area contributed by atoms with Gasteiger partial charge in [-0.1, -0.05) is 41.5 Å². The van der Waals surface area contributed by atoms with E-state index >= 15 is 0 Å². The number of aromatic nitrogens is 4. The van der Waals surface area contributed by atoms with Crippen molar-refractivity contribution in [3.8, 4) is 57.3 Å². The zero-order valence-electron chi connectivity index (χ0n) is 33.2. The first kappa shape index (κ1) is 46.6. The molecule has 0 aliphatic carbocycles. The standard InChI is InChI=1S/C20H26F3N3O3.C19H22BrF3N2O3/c1-6-12(7-2)28-19-18(24-4)26-17(15(8-3)25-19)14-11-13(29-20(21,22)23)9-10-16(14)27-5;1-5-11(6-2)27-18-17(20)25-16(14(7-3)24-18)13-10-12(28-19(21,22)23)8-9-15(13)26-4/h9-12H,6-8H2,1-5H3,(H,24,26);8-11H,5-7H2,1-4H3. The number of nitrogens with one attached hydrogen (secondary N) is 1. The second kappa shape index (κ2) is 21.1. The monoisotopic (exact) mass is 875 g/mol. The van der Waals surface area contributed by atoms with Gasteiger partial charge in [-0.05, 0) is 90.9 Å². The lowest BCUT2D eigenvalue weighted by Crippen LogP contribution is -2.17. The van der Waals surface area contributed by atoms with E-state index in [0.29, 0.717) is 80.4 Å². The fraction of sp³-hybridized carbons (Fsp3) is 0.487. The van der Waals surface area contributed by atoms with E-state index in [1.165, 1.54) is 50.6 Å². The van der Waals surface area contributed by atoms with Gasteiger partial charge in [0, 0.05) is 18.2 Å². The van der Waals surface area contributed by atoms with Crippen LogP contribution in [0.3, 0.4) is 0 Å². The molecule has 0 saturated carbocycles. The van der Waals surface area contributed by atoms with Gasteiger partial charge in [-0.15, -0.1) is 26.3 Å². The van der Waals surface area contributed by atoms with Crippen molar-refractivity contribution < 1.29 is 54.8 Å². The lowest BCUT2D eigenvalue weighted by atomic mass is 10.1. The predicted molar refractivity (Wildman–Crippen MR) is 207 cm³/mol. The van der Waals surface area contributed by atoms with Crippen LogP contribution in [0.25, 0.3) is 22.5 Å². The summed E-state index contributed by atoms with van der Waals surface area (Å²) in [7, 11) is 4.55. The van der Waals surface area contributed by atoms with Crippen LogP contribution in [-0.2, 0) is 12.8 Å². The van der Waals surface area contributed by atoms with Crippen molar-refractivity contribution in [2.24, 2.45) is 0 Å². The molecule has 1 N–H and O–H groups in total. The van der Waals surface area contributed by atoms with E-state index in [4.69, 9.17) is 18.9 Å². The van der Waals surface area contributed by atoms with Gasteiger partial charge in [0.25, 0.3) is 5.88 Å². The Labute approximate surface area is 337 Å². The van der Waals surface area contributed by atoms with E-state index in [1.54, 1.807) is 7.05 Å². The second-order valence-electron chi connectivity index (χ2n) is 12.2. The molecule has 2 heterocycles. The molecule has 0 saturated heterocycles. The van der Waals surface area contributed by atoms with Gasteiger partial charge in [-0.2, -0.15) is 0 Å². The SMILES string of the molecule is CCc1nc(OC(CC)CC)c(Br)nc1-c1cc(OC(F)(F)F)ccc1OC.CCc1nc(OC(CC)CC)c(NC)nc1-c1cc(OC(F)(F)F)ccc1OC. The van der Waals surface area contributed by atoms with E-state index in [-0.39, 0.29) is 23.7 Å². The molecule has 0 bridgehead atoms. The highest BCUT2D eigenvalue weighted by Gasteiger charge is 2.33. The van der Waals surface area contributed by atoms with Crippen molar-refractivity contribution in [1.82, 2.24) is 19.9 Å². The summed E-state index contributed by atoms with van der Waals surface area (Å²) in [4.78, 5) is 18.2. The molecule has 0 amide bonds. The number of benzene rings is 2. The number of rotatable bonds is 17. The third kappa shape index (κ3) is 13.1. The highest BCUT2D eigenvalue weighted by Crippen LogP contribution is 2.40. The van der Waals surface area contributed by atoms with Gasteiger partial charge in [0.05, 0.1) is 37.0 Å². The quantitative estimate of drug-likeness (QED) is 0.102. The molecule has 0 spiro atoms. The van der Waals surface area contributed by atoms with Crippen molar-refractivity contribution >= 4 is 21.7 Å². The van der Waals surface area contributed by atoms with Crippen LogP contribution in [0.1, 0.15) is 78.6 Å². The van der Waals surface area contributed by atoms with E-state index < -0.39 is 12.7 Å². The third-order valence-corrected chi connectivity index (χ3v) is 8.95. The van der Waals surface area contributed by atoms with Crippen molar-refractivity contribution in [2.45, 2.75) is 105 Å². The van der Waals surface area contributed by atoms with Crippen LogP contribution in [0.5, 0.6) is 34.8 Å². The molecule has 0 radical (unpaired) electrons. The molecule has 4 aromatic rings. The number of hydrogen-bond donors (Lipinski definition) is 1. The maximum atomic E-state index is 12.7. The summed E-state index contributed by atoms with van der Waals surface area (Å²) < 4.78 is 107. The summed E-state index contributed by atoms with van der Waals surface area (Å²) in [5.74, 6) is 1.12. The molecule has 0 fully saturated rings. The molecular formula is C39H48BrF6N5O6. The highest BCUT2D eigenvalue weighted by atomic mass is 79.9. The largest absolute Gasteiger partial charge is 0.573 e. The molecule has 11 nitrogen and oxygen atoms in total. The van der Waals surface area contributed by atoms with Gasteiger partial charge in [-0.3, -0.25) is 0 Å². The van der Waals surface area contributed by atoms with Gasteiger partial charge in [0.2, 0.25) is 5.88 Å².